The smallest absolute Gasteiger partial charge is 0.255 e. The van der Waals surface area contributed by atoms with Crippen molar-refractivity contribution in [2.45, 2.75) is 38.9 Å². The molecule has 0 aliphatic rings. The van der Waals surface area contributed by atoms with E-state index in [4.69, 9.17) is 14.2 Å². The third kappa shape index (κ3) is 3.72. The van der Waals surface area contributed by atoms with Gasteiger partial charge in [0, 0.05) is 5.39 Å². The Labute approximate surface area is 146 Å². The van der Waals surface area contributed by atoms with E-state index in [1.165, 1.54) is 28.1 Å². The van der Waals surface area contributed by atoms with Crippen molar-refractivity contribution < 1.29 is 24.4 Å². The van der Waals surface area contributed by atoms with Crippen LogP contribution in [0.1, 0.15) is 26.3 Å². The number of benzene rings is 1. The lowest BCUT2D eigenvalue weighted by Crippen LogP contribution is -2.40. The number of aliphatic hydroxyl groups excluding tert-OH is 1. The summed E-state index contributed by atoms with van der Waals surface area (Å²) in [5.41, 5.74) is -0.531. The summed E-state index contributed by atoms with van der Waals surface area (Å²) in [7, 11) is 2.98. The van der Waals surface area contributed by atoms with Gasteiger partial charge in [-0.25, -0.2) is 0 Å². The molecule has 1 aromatic heterocycles. The molecule has 0 bridgehead atoms. The van der Waals surface area contributed by atoms with Gasteiger partial charge in [0.2, 0.25) is 0 Å². The van der Waals surface area contributed by atoms with Gasteiger partial charge in [0.1, 0.15) is 18.5 Å². The van der Waals surface area contributed by atoms with Crippen LogP contribution < -0.4 is 19.8 Å². The van der Waals surface area contributed by atoms with Crippen LogP contribution in [0.4, 0.5) is 0 Å². The molecule has 2 rings (SSSR count). The summed E-state index contributed by atoms with van der Waals surface area (Å²) in [5.74, 6) is 1.18. The number of fused-ring (bicyclic) bond motifs is 1. The lowest BCUT2D eigenvalue weighted by atomic mass is 10.0. The second-order valence-corrected chi connectivity index (χ2v) is 6.32. The van der Waals surface area contributed by atoms with Crippen molar-refractivity contribution in [2.24, 2.45) is 0 Å². The zero-order chi connectivity index (χ0) is 18.8. The van der Waals surface area contributed by atoms with E-state index in [-0.39, 0.29) is 12.2 Å². The molecule has 1 heterocycles. The van der Waals surface area contributed by atoms with E-state index in [1.807, 2.05) is 6.92 Å². The Morgan fingerprint density at radius 2 is 1.84 bits per heavy atom. The number of pyridine rings is 1. The van der Waals surface area contributed by atoms with Gasteiger partial charge >= 0.3 is 0 Å². The zero-order valence-corrected chi connectivity index (χ0v) is 15.2. The van der Waals surface area contributed by atoms with Crippen molar-refractivity contribution in [3.63, 3.8) is 0 Å². The molecule has 0 saturated carbocycles. The number of aromatic nitrogens is 1. The average Bonchev–Trinajstić information content (AvgIpc) is 2.56. The fraction of sp³-hybridized carbons (Fsp3) is 0.500. The largest absolute Gasteiger partial charge is 0.496 e. The quantitative estimate of drug-likeness (QED) is 0.701. The minimum absolute atomic E-state index is 0.125. The first-order chi connectivity index (χ1) is 11.7. The summed E-state index contributed by atoms with van der Waals surface area (Å²) < 4.78 is 16.4. The minimum Gasteiger partial charge on any atom is -0.496 e. The van der Waals surface area contributed by atoms with Gasteiger partial charge < -0.3 is 29.4 Å². The lowest BCUT2D eigenvalue weighted by molar-refractivity contribution is -0.0663. The number of hydrogen-bond acceptors (Lipinski definition) is 6. The van der Waals surface area contributed by atoms with E-state index in [2.05, 4.69) is 4.98 Å². The molecule has 0 aliphatic heterocycles. The maximum atomic E-state index is 12.3. The molecule has 138 valence electrons. The molecule has 25 heavy (non-hydrogen) atoms. The normalized spacial score (nSPS) is 12.9. The van der Waals surface area contributed by atoms with E-state index in [0.29, 0.717) is 40.1 Å². The molecule has 0 aliphatic carbocycles. The van der Waals surface area contributed by atoms with Gasteiger partial charge in [0.15, 0.2) is 11.5 Å². The minimum atomic E-state index is -1.29. The van der Waals surface area contributed by atoms with Gasteiger partial charge in [-0.1, -0.05) is 6.92 Å². The number of ether oxygens (including phenoxy) is 3. The van der Waals surface area contributed by atoms with E-state index < -0.39 is 11.7 Å². The van der Waals surface area contributed by atoms with Crippen molar-refractivity contribution in [3.8, 4) is 17.2 Å². The number of hydrogen-bond donors (Lipinski definition) is 3. The second kappa shape index (κ2) is 7.33. The number of aromatic amines is 1. The predicted molar refractivity (Wildman–Crippen MR) is 94.9 cm³/mol. The van der Waals surface area contributed by atoms with Gasteiger partial charge in [0.05, 0.1) is 30.9 Å². The van der Waals surface area contributed by atoms with Crippen LogP contribution in [0.3, 0.4) is 0 Å². The maximum absolute atomic E-state index is 12.3. The highest BCUT2D eigenvalue weighted by atomic mass is 16.5. The third-order valence-corrected chi connectivity index (χ3v) is 4.13. The fourth-order valence-electron chi connectivity index (χ4n) is 2.57. The molecule has 0 spiro atoms. The molecule has 3 N–H and O–H groups in total. The molecule has 0 radical (unpaired) electrons. The first-order valence-corrected chi connectivity index (χ1v) is 8.07. The van der Waals surface area contributed by atoms with E-state index in [1.54, 1.807) is 12.1 Å². The molecule has 7 heteroatoms. The molecule has 1 atom stereocenters. The number of methoxy groups -OCH3 is 2. The van der Waals surface area contributed by atoms with E-state index in [0.717, 1.165) is 0 Å². The molecular weight excluding hydrogens is 326 g/mol. The lowest BCUT2D eigenvalue weighted by Gasteiger charge is -2.25. The highest BCUT2D eigenvalue weighted by Gasteiger charge is 2.26. The van der Waals surface area contributed by atoms with Crippen molar-refractivity contribution in [2.75, 3.05) is 20.8 Å². The molecule has 7 nitrogen and oxygen atoms in total. The molecule has 0 amide bonds. The molecular formula is C18H25NO6. The Morgan fingerprint density at radius 1 is 1.20 bits per heavy atom. The molecule has 0 fully saturated rings. The Bertz CT molecular complexity index is 806. The van der Waals surface area contributed by atoms with Gasteiger partial charge in [0.25, 0.3) is 5.56 Å². The summed E-state index contributed by atoms with van der Waals surface area (Å²) in [4.78, 5) is 15.1. The van der Waals surface area contributed by atoms with Crippen molar-refractivity contribution in [1.82, 2.24) is 4.98 Å². The van der Waals surface area contributed by atoms with Crippen LogP contribution in [0.25, 0.3) is 10.9 Å². The standard InChI is InChI=1S/C18H25NO6/c1-6-10-15(23-4)11-7-8-12(25-9-13(20)18(2,3)22)16(24-5)14(11)19-17(10)21/h7-8,13,20,22H,6,9H2,1-5H3,(H,19,21)/t13-/m0/s1. The van der Waals surface area contributed by atoms with Gasteiger partial charge in [-0.3, -0.25) is 4.79 Å². The van der Waals surface area contributed by atoms with Crippen molar-refractivity contribution in [1.29, 1.82) is 0 Å². The highest BCUT2D eigenvalue weighted by molar-refractivity contribution is 5.92. The van der Waals surface area contributed by atoms with Crippen LogP contribution in [-0.4, -0.2) is 47.7 Å². The van der Waals surface area contributed by atoms with E-state index in [9.17, 15) is 15.0 Å². The summed E-state index contributed by atoms with van der Waals surface area (Å²) in [5, 5.41) is 20.4. The predicted octanol–water partition coefficient (Wildman–Crippen LogP) is 1.62. The number of aliphatic hydroxyl groups is 2. The van der Waals surface area contributed by atoms with Gasteiger partial charge in [-0.2, -0.15) is 0 Å². The highest BCUT2D eigenvalue weighted by Crippen LogP contribution is 2.38. The van der Waals surface area contributed by atoms with Crippen LogP contribution in [0.5, 0.6) is 17.2 Å². The Balaban J connectivity index is 2.53. The number of rotatable bonds is 7. The maximum Gasteiger partial charge on any atom is 0.255 e. The summed E-state index contributed by atoms with van der Waals surface area (Å²) in [6.45, 7) is 4.74. The summed E-state index contributed by atoms with van der Waals surface area (Å²) >= 11 is 0. The van der Waals surface area contributed by atoms with Gasteiger partial charge in [-0.15, -0.1) is 0 Å². The number of H-pyrrole nitrogens is 1. The monoisotopic (exact) mass is 351 g/mol. The summed E-state index contributed by atoms with van der Waals surface area (Å²) in [6, 6.07) is 3.44. The fourth-order valence-corrected chi connectivity index (χ4v) is 2.57. The van der Waals surface area contributed by atoms with Crippen LogP contribution in [0.15, 0.2) is 16.9 Å². The van der Waals surface area contributed by atoms with Crippen LogP contribution in [0, 0.1) is 0 Å². The van der Waals surface area contributed by atoms with Crippen LogP contribution >= 0.6 is 0 Å². The zero-order valence-electron chi connectivity index (χ0n) is 15.2. The van der Waals surface area contributed by atoms with Gasteiger partial charge in [-0.05, 0) is 32.4 Å². The molecule has 2 aromatic rings. The van der Waals surface area contributed by atoms with E-state index >= 15 is 0 Å². The topological polar surface area (TPSA) is 101 Å². The first kappa shape index (κ1) is 19.1. The third-order valence-electron chi connectivity index (χ3n) is 4.13. The molecule has 0 saturated heterocycles. The SMILES string of the molecule is CCc1c(OC)c2ccc(OC[C@H](O)C(C)(C)O)c(OC)c2[nH]c1=O. The van der Waals surface area contributed by atoms with Crippen molar-refractivity contribution in [3.05, 3.63) is 28.0 Å². The molecule has 1 aromatic carbocycles. The van der Waals surface area contributed by atoms with Crippen molar-refractivity contribution >= 4 is 10.9 Å². The Hall–Kier alpha value is -2.25. The number of nitrogens with one attached hydrogen (secondary N) is 1. The molecule has 0 unspecified atom stereocenters. The van der Waals surface area contributed by atoms with Crippen LogP contribution in [-0.2, 0) is 6.42 Å². The first-order valence-electron chi connectivity index (χ1n) is 8.07. The van der Waals surface area contributed by atoms with Crippen LogP contribution in [0.2, 0.25) is 0 Å². The second-order valence-electron chi connectivity index (χ2n) is 6.32. The Kier molecular flexibility index (Phi) is 5.59. The Morgan fingerprint density at radius 3 is 2.36 bits per heavy atom. The summed E-state index contributed by atoms with van der Waals surface area (Å²) in [6.07, 6.45) is -0.545. The average molecular weight is 351 g/mol.